The number of rotatable bonds is 21. The number of hydrogen-bond donors (Lipinski definition) is 4. The summed E-state index contributed by atoms with van der Waals surface area (Å²) in [7, 11) is 0. The maximum Gasteiger partial charge on any atom is 0.289 e. The number of unbranched alkanes of at least 4 members (excludes halogenated alkanes) is 9. The summed E-state index contributed by atoms with van der Waals surface area (Å²) >= 11 is 0. The topological polar surface area (TPSA) is 120 Å². The van der Waals surface area contributed by atoms with Gasteiger partial charge in [-0.1, -0.05) is 64.7 Å². The molecule has 0 aromatic heterocycles. The fourth-order valence-electron chi connectivity index (χ4n) is 3.83. The van der Waals surface area contributed by atoms with Gasteiger partial charge >= 0.3 is 0 Å². The molecule has 1 rings (SSSR count). The largest absolute Gasteiger partial charge is 0.494 e. The fraction of sp³-hybridized carbons (Fsp3) is 0.679. The monoisotopic (exact) mass is 520 g/mol. The Bertz CT molecular complexity index is 772. The number of carbonyl (C=O) groups excluding carboxylic acids is 3. The second kappa shape index (κ2) is 20.3. The van der Waals surface area contributed by atoms with E-state index in [1.807, 2.05) is 0 Å². The van der Waals surface area contributed by atoms with Crippen LogP contribution >= 0.6 is 0 Å². The lowest BCUT2D eigenvalue weighted by Crippen LogP contribution is -2.51. The highest BCUT2D eigenvalue weighted by molar-refractivity contribution is 5.88. The molecule has 0 heterocycles. The molecule has 0 aliphatic rings. The van der Waals surface area contributed by atoms with Gasteiger partial charge in [0.1, 0.15) is 5.75 Å². The van der Waals surface area contributed by atoms with Crippen molar-refractivity contribution < 1.29 is 24.3 Å². The predicted octanol–water partition coefficient (Wildman–Crippen LogP) is 4.99. The van der Waals surface area contributed by atoms with Crippen LogP contribution in [0.25, 0.3) is 0 Å². The van der Waals surface area contributed by atoms with E-state index in [1.165, 1.54) is 64.7 Å². The Hall–Kier alpha value is -2.81. The first-order chi connectivity index (χ1) is 17.9. The van der Waals surface area contributed by atoms with E-state index in [-0.39, 0.29) is 12.5 Å². The predicted molar refractivity (Wildman–Crippen MR) is 146 cm³/mol. The highest BCUT2D eigenvalue weighted by Crippen LogP contribution is 2.17. The van der Waals surface area contributed by atoms with Crippen LogP contribution in [0.5, 0.6) is 5.75 Å². The quantitative estimate of drug-likeness (QED) is 0.0784. The molecule has 210 valence electrons. The third-order valence-electron chi connectivity index (χ3n) is 5.98. The smallest absolute Gasteiger partial charge is 0.289 e. The van der Waals surface area contributed by atoms with Crippen molar-refractivity contribution in [3.63, 3.8) is 0 Å². The maximum absolute atomic E-state index is 12.2. The molecule has 0 radical (unpaired) electrons. The van der Waals surface area contributed by atoms with Gasteiger partial charge in [-0.05, 0) is 44.0 Å². The SMILES string of the molecule is CCCCCCCCCCCCNC(=O)CCCOc1ccc(NC(NC(C)=O)C(=O)N(O)CC)cc1. The molecule has 0 aliphatic carbocycles. The molecule has 0 aliphatic heterocycles. The Balaban J connectivity index is 2.17. The Morgan fingerprint density at radius 1 is 0.892 bits per heavy atom. The van der Waals surface area contributed by atoms with Crippen LogP contribution in [0.15, 0.2) is 24.3 Å². The van der Waals surface area contributed by atoms with Gasteiger partial charge in [0.15, 0.2) is 6.17 Å². The summed E-state index contributed by atoms with van der Waals surface area (Å²) in [5.74, 6) is -0.374. The lowest BCUT2D eigenvalue weighted by Gasteiger charge is -2.23. The minimum atomic E-state index is -1.09. The van der Waals surface area contributed by atoms with Crippen molar-refractivity contribution in [1.82, 2.24) is 15.7 Å². The van der Waals surface area contributed by atoms with E-state index in [2.05, 4.69) is 22.9 Å². The molecule has 37 heavy (non-hydrogen) atoms. The van der Waals surface area contributed by atoms with Crippen LogP contribution in [0.2, 0.25) is 0 Å². The Morgan fingerprint density at radius 2 is 1.49 bits per heavy atom. The molecule has 4 N–H and O–H groups in total. The molecule has 0 saturated carbocycles. The lowest BCUT2D eigenvalue weighted by molar-refractivity contribution is -0.166. The lowest BCUT2D eigenvalue weighted by atomic mass is 10.1. The van der Waals surface area contributed by atoms with Crippen LogP contribution in [0.3, 0.4) is 0 Å². The molecular formula is C28H48N4O5. The first-order valence-electron chi connectivity index (χ1n) is 13.9. The Morgan fingerprint density at radius 3 is 2.05 bits per heavy atom. The zero-order valence-electron chi connectivity index (χ0n) is 23.0. The Labute approximate surface area is 222 Å². The molecule has 1 unspecified atom stereocenters. The van der Waals surface area contributed by atoms with Gasteiger partial charge in [-0.25, -0.2) is 5.06 Å². The number of hydrogen-bond acceptors (Lipinski definition) is 6. The highest BCUT2D eigenvalue weighted by atomic mass is 16.5. The number of amides is 3. The van der Waals surface area contributed by atoms with E-state index in [0.717, 1.165) is 13.0 Å². The molecular weight excluding hydrogens is 472 g/mol. The van der Waals surface area contributed by atoms with Crippen molar-refractivity contribution in [2.24, 2.45) is 0 Å². The van der Waals surface area contributed by atoms with E-state index < -0.39 is 18.0 Å². The molecule has 1 atom stereocenters. The fourth-order valence-corrected chi connectivity index (χ4v) is 3.83. The first kappa shape index (κ1) is 32.2. The second-order valence-electron chi connectivity index (χ2n) is 9.34. The number of nitrogens with zero attached hydrogens (tertiary/aromatic N) is 1. The molecule has 0 fully saturated rings. The van der Waals surface area contributed by atoms with Crippen LogP contribution in [-0.4, -0.2) is 53.9 Å². The van der Waals surface area contributed by atoms with Gasteiger partial charge < -0.3 is 20.7 Å². The Kier molecular flexibility index (Phi) is 17.7. The maximum atomic E-state index is 12.2. The summed E-state index contributed by atoms with van der Waals surface area (Å²) in [5, 5.41) is 18.6. The summed E-state index contributed by atoms with van der Waals surface area (Å²) < 4.78 is 5.70. The number of anilines is 1. The molecule has 0 spiro atoms. The van der Waals surface area contributed by atoms with Crippen LogP contribution in [0.4, 0.5) is 5.69 Å². The van der Waals surface area contributed by atoms with E-state index in [9.17, 15) is 19.6 Å². The van der Waals surface area contributed by atoms with Crippen molar-refractivity contribution in [3.8, 4) is 5.75 Å². The number of nitrogens with one attached hydrogen (secondary N) is 3. The number of carbonyl (C=O) groups is 3. The third-order valence-corrected chi connectivity index (χ3v) is 5.98. The standard InChI is InChI=1S/C28H48N4O5/c1-4-6-7-8-9-10-11-12-13-14-21-29-26(34)16-15-22-37-25-19-17-24(18-20-25)31-27(30-23(3)33)28(35)32(36)5-2/h17-20,27,31,36H,4-16,21-22H2,1-3H3,(H,29,34)(H,30,33). The van der Waals surface area contributed by atoms with Gasteiger partial charge in [0.2, 0.25) is 11.8 Å². The van der Waals surface area contributed by atoms with Gasteiger partial charge in [0, 0.05) is 32.1 Å². The average Bonchev–Trinajstić information content (AvgIpc) is 2.89. The van der Waals surface area contributed by atoms with Crippen molar-refractivity contribution in [3.05, 3.63) is 24.3 Å². The molecule has 3 amide bonds. The number of hydroxylamine groups is 2. The molecule has 9 nitrogen and oxygen atoms in total. The third kappa shape index (κ3) is 15.8. The zero-order chi connectivity index (χ0) is 27.3. The first-order valence-corrected chi connectivity index (χ1v) is 13.9. The zero-order valence-corrected chi connectivity index (χ0v) is 23.0. The summed E-state index contributed by atoms with van der Waals surface area (Å²) in [4.78, 5) is 35.6. The van der Waals surface area contributed by atoms with Crippen molar-refractivity contribution in [1.29, 1.82) is 0 Å². The van der Waals surface area contributed by atoms with Crippen LogP contribution in [-0.2, 0) is 14.4 Å². The van der Waals surface area contributed by atoms with E-state index in [0.29, 0.717) is 35.9 Å². The van der Waals surface area contributed by atoms with E-state index in [1.54, 1.807) is 31.2 Å². The number of ether oxygens (including phenoxy) is 1. The summed E-state index contributed by atoms with van der Waals surface area (Å²) in [5.41, 5.74) is 0.579. The number of benzene rings is 1. The average molecular weight is 521 g/mol. The van der Waals surface area contributed by atoms with Gasteiger partial charge in [-0.2, -0.15) is 0 Å². The molecule has 0 bridgehead atoms. The molecule has 0 saturated heterocycles. The van der Waals surface area contributed by atoms with Crippen molar-refractivity contribution in [2.75, 3.05) is 25.0 Å². The van der Waals surface area contributed by atoms with Crippen molar-refractivity contribution in [2.45, 2.75) is 104 Å². The minimum Gasteiger partial charge on any atom is -0.494 e. The van der Waals surface area contributed by atoms with Gasteiger partial charge in [0.05, 0.1) is 6.61 Å². The van der Waals surface area contributed by atoms with Gasteiger partial charge in [0.25, 0.3) is 5.91 Å². The molecule has 1 aromatic rings. The minimum absolute atomic E-state index is 0.0535. The van der Waals surface area contributed by atoms with Gasteiger partial charge in [-0.15, -0.1) is 0 Å². The second-order valence-corrected chi connectivity index (χ2v) is 9.34. The number of likely N-dealkylation sites (N-methyl/N-ethyl adjacent to an activating group) is 1. The van der Waals surface area contributed by atoms with E-state index in [4.69, 9.17) is 4.74 Å². The van der Waals surface area contributed by atoms with Crippen LogP contribution in [0.1, 0.15) is 97.8 Å². The van der Waals surface area contributed by atoms with E-state index >= 15 is 0 Å². The summed E-state index contributed by atoms with van der Waals surface area (Å²) in [6.07, 6.45) is 12.7. The van der Waals surface area contributed by atoms with Crippen molar-refractivity contribution >= 4 is 23.4 Å². The van der Waals surface area contributed by atoms with Gasteiger partial charge in [-0.3, -0.25) is 19.6 Å². The van der Waals surface area contributed by atoms with Crippen LogP contribution in [0, 0.1) is 0 Å². The summed E-state index contributed by atoms with van der Waals surface area (Å²) in [6.45, 7) is 6.41. The van der Waals surface area contributed by atoms with Crippen LogP contribution < -0.4 is 20.7 Å². The molecule has 9 heteroatoms. The normalized spacial score (nSPS) is 11.5. The summed E-state index contributed by atoms with van der Waals surface area (Å²) in [6, 6.07) is 6.90. The molecule has 1 aromatic carbocycles. The highest BCUT2D eigenvalue weighted by Gasteiger charge is 2.23.